The maximum atomic E-state index is 10.9. The van der Waals surface area contributed by atoms with Gasteiger partial charge in [0.2, 0.25) is 5.88 Å². The Morgan fingerprint density at radius 3 is 2.90 bits per heavy atom. The summed E-state index contributed by atoms with van der Waals surface area (Å²) in [6.45, 7) is -0.177. The Hall–Kier alpha value is -1.90. The topological polar surface area (TPSA) is 63.0 Å². The van der Waals surface area contributed by atoms with Crippen molar-refractivity contribution in [3.8, 4) is 23.2 Å². The Morgan fingerprint density at radius 2 is 2.20 bits per heavy atom. The van der Waals surface area contributed by atoms with Gasteiger partial charge >= 0.3 is 0 Å². The zero-order chi connectivity index (χ0) is 14.5. The number of benzene rings is 1. The number of nitriles is 1. The number of carbonyl (C=O) groups excluding carboxylic acids is 1. The summed E-state index contributed by atoms with van der Waals surface area (Å²) in [7, 11) is 0. The van der Waals surface area contributed by atoms with E-state index in [4.69, 9.17) is 21.6 Å². The van der Waals surface area contributed by atoms with Crippen LogP contribution in [0, 0.1) is 11.3 Å². The zero-order valence-electron chi connectivity index (χ0n) is 10.1. The van der Waals surface area contributed by atoms with Gasteiger partial charge in [0.1, 0.15) is 6.07 Å². The third-order valence-corrected chi connectivity index (χ3v) is 3.81. The zero-order valence-corrected chi connectivity index (χ0v) is 12.5. The molecule has 0 atom stereocenters. The molecule has 2 rings (SSSR count). The number of carbonyl (C=O) groups is 1. The molecule has 4 nitrogen and oxygen atoms in total. The number of pyridine rings is 1. The second kappa shape index (κ2) is 6.51. The van der Waals surface area contributed by atoms with Crippen molar-refractivity contribution in [3.05, 3.63) is 45.4 Å². The van der Waals surface area contributed by atoms with Gasteiger partial charge in [0.15, 0.2) is 12.9 Å². The van der Waals surface area contributed by atoms with E-state index in [0.717, 1.165) is 4.47 Å². The summed E-state index contributed by atoms with van der Waals surface area (Å²) in [6, 6.07) is 10.6. The fraction of sp³-hybridized carbons (Fsp3) is 0.0714. The lowest BCUT2D eigenvalue weighted by atomic mass is 10.1. The first-order valence-corrected chi connectivity index (χ1v) is 6.75. The standard InChI is InChI=1S/C14H8BrClN2O2/c15-11-3-1-2-10(13(11)16)12-5-4-9(8-19)14(18-12)20-7-6-17/h1-5,8H,7H2. The molecule has 1 aromatic carbocycles. The lowest BCUT2D eigenvalue weighted by Gasteiger charge is -2.09. The average molecular weight is 352 g/mol. The molecule has 2 aromatic rings. The van der Waals surface area contributed by atoms with E-state index in [1.165, 1.54) is 0 Å². The number of nitrogens with zero attached hydrogens (tertiary/aromatic N) is 2. The van der Waals surface area contributed by atoms with Crippen LogP contribution >= 0.6 is 27.5 Å². The van der Waals surface area contributed by atoms with Crippen LogP contribution in [-0.2, 0) is 0 Å². The van der Waals surface area contributed by atoms with Gasteiger partial charge in [-0.15, -0.1) is 0 Å². The molecule has 0 aliphatic rings. The Morgan fingerprint density at radius 1 is 1.40 bits per heavy atom. The molecule has 0 bridgehead atoms. The molecule has 0 spiro atoms. The molecule has 1 aromatic heterocycles. The van der Waals surface area contributed by atoms with Crippen molar-refractivity contribution in [1.82, 2.24) is 4.98 Å². The SMILES string of the molecule is N#CCOc1nc(-c2cccc(Br)c2Cl)ccc1C=O. The van der Waals surface area contributed by atoms with Gasteiger partial charge in [-0.25, -0.2) is 4.98 Å². The molecule has 0 aliphatic carbocycles. The predicted octanol–water partition coefficient (Wildman–Crippen LogP) is 3.88. The van der Waals surface area contributed by atoms with Crippen molar-refractivity contribution in [2.24, 2.45) is 0 Å². The first-order valence-electron chi connectivity index (χ1n) is 5.57. The van der Waals surface area contributed by atoms with E-state index in [1.807, 2.05) is 24.3 Å². The van der Waals surface area contributed by atoms with Crippen LogP contribution in [0.15, 0.2) is 34.8 Å². The number of aromatic nitrogens is 1. The average Bonchev–Trinajstić information content (AvgIpc) is 2.47. The summed E-state index contributed by atoms with van der Waals surface area (Å²) < 4.78 is 5.90. The van der Waals surface area contributed by atoms with E-state index >= 15 is 0 Å². The summed E-state index contributed by atoms with van der Waals surface area (Å²) >= 11 is 9.55. The van der Waals surface area contributed by atoms with Crippen molar-refractivity contribution < 1.29 is 9.53 Å². The fourth-order valence-corrected chi connectivity index (χ4v) is 2.20. The molecular weight excluding hydrogens is 344 g/mol. The van der Waals surface area contributed by atoms with E-state index in [9.17, 15) is 4.79 Å². The van der Waals surface area contributed by atoms with Gasteiger partial charge < -0.3 is 4.74 Å². The second-order valence-electron chi connectivity index (χ2n) is 3.76. The monoisotopic (exact) mass is 350 g/mol. The van der Waals surface area contributed by atoms with Crippen LogP contribution in [0.5, 0.6) is 5.88 Å². The fourth-order valence-electron chi connectivity index (χ4n) is 1.61. The molecule has 0 unspecified atom stereocenters. The molecule has 0 radical (unpaired) electrons. The Bertz CT molecular complexity index is 698. The van der Waals surface area contributed by atoms with Crippen molar-refractivity contribution in [2.45, 2.75) is 0 Å². The molecule has 6 heteroatoms. The lowest BCUT2D eigenvalue weighted by molar-refractivity contribution is 0.111. The van der Waals surface area contributed by atoms with Gasteiger partial charge in [0.05, 0.1) is 16.3 Å². The minimum absolute atomic E-state index is 0.120. The number of halogens is 2. The maximum Gasteiger partial charge on any atom is 0.225 e. The second-order valence-corrected chi connectivity index (χ2v) is 4.99. The van der Waals surface area contributed by atoms with Crippen molar-refractivity contribution in [2.75, 3.05) is 6.61 Å². The summed E-state index contributed by atoms with van der Waals surface area (Å²) in [5.41, 5.74) is 1.56. The highest BCUT2D eigenvalue weighted by molar-refractivity contribution is 9.10. The number of rotatable bonds is 4. The third kappa shape index (κ3) is 2.98. The van der Waals surface area contributed by atoms with Crippen LogP contribution < -0.4 is 4.74 Å². The first-order chi connectivity index (χ1) is 9.67. The van der Waals surface area contributed by atoms with Crippen molar-refractivity contribution in [3.63, 3.8) is 0 Å². The van der Waals surface area contributed by atoms with Gasteiger partial charge in [-0.3, -0.25) is 4.79 Å². The van der Waals surface area contributed by atoms with Crippen LogP contribution in [0.1, 0.15) is 10.4 Å². The summed E-state index contributed by atoms with van der Waals surface area (Å²) in [5.74, 6) is 0.120. The van der Waals surface area contributed by atoms with E-state index in [1.54, 1.807) is 12.1 Å². The number of hydrogen-bond acceptors (Lipinski definition) is 4. The molecule has 20 heavy (non-hydrogen) atoms. The van der Waals surface area contributed by atoms with Gasteiger partial charge in [-0.05, 0) is 34.1 Å². The highest BCUT2D eigenvalue weighted by atomic mass is 79.9. The van der Waals surface area contributed by atoms with Crippen LogP contribution in [0.2, 0.25) is 5.02 Å². The van der Waals surface area contributed by atoms with Crippen LogP contribution in [0.25, 0.3) is 11.3 Å². The first kappa shape index (κ1) is 14.5. The molecular formula is C14H8BrClN2O2. The van der Waals surface area contributed by atoms with Crippen molar-refractivity contribution >= 4 is 33.8 Å². The summed E-state index contributed by atoms with van der Waals surface area (Å²) in [5, 5.41) is 9.06. The lowest BCUT2D eigenvalue weighted by Crippen LogP contribution is -2.01. The van der Waals surface area contributed by atoms with Gasteiger partial charge in [0.25, 0.3) is 0 Å². The smallest absolute Gasteiger partial charge is 0.225 e. The number of aldehydes is 1. The highest BCUT2D eigenvalue weighted by Gasteiger charge is 2.11. The summed E-state index contributed by atoms with van der Waals surface area (Å²) in [6.07, 6.45) is 0.631. The molecule has 0 saturated carbocycles. The minimum atomic E-state index is -0.177. The molecule has 100 valence electrons. The largest absolute Gasteiger partial charge is 0.462 e. The van der Waals surface area contributed by atoms with Gasteiger partial charge in [0, 0.05) is 10.0 Å². The van der Waals surface area contributed by atoms with E-state index in [0.29, 0.717) is 22.6 Å². The molecule has 0 N–H and O–H groups in total. The minimum Gasteiger partial charge on any atom is -0.462 e. The molecule has 0 amide bonds. The number of hydrogen-bond donors (Lipinski definition) is 0. The van der Waals surface area contributed by atoms with Crippen LogP contribution in [0.3, 0.4) is 0 Å². The van der Waals surface area contributed by atoms with Gasteiger partial charge in [-0.1, -0.05) is 23.7 Å². The normalized spacial score (nSPS) is 9.85. The van der Waals surface area contributed by atoms with E-state index in [-0.39, 0.29) is 18.1 Å². The molecule has 1 heterocycles. The van der Waals surface area contributed by atoms with E-state index in [2.05, 4.69) is 20.9 Å². The van der Waals surface area contributed by atoms with Gasteiger partial charge in [-0.2, -0.15) is 5.26 Å². The Kier molecular flexibility index (Phi) is 4.72. The Balaban J connectivity index is 2.50. The maximum absolute atomic E-state index is 10.9. The highest BCUT2D eigenvalue weighted by Crippen LogP contribution is 2.33. The quantitative estimate of drug-likeness (QED) is 0.784. The van der Waals surface area contributed by atoms with E-state index < -0.39 is 0 Å². The summed E-state index contributed by atoms with van der Waals surface area (Å²) in [4.78, 5) is 15.2. The molecule has 0 aliphatic heterocycles. The molecule has 0 saturated heterocycles. The Labute approximate surface area is 129 Å². The number of ether oxygens (including phenoxy) is 1. The molecule has 0 fully saturated rings. The van der Waals surface area contributed by atoms with Crippen LogP contribution in [-0.4, -0.2) is 17.9 Å². The predicted molar refractivity (Wildman–Crippen MR) is 78.9 cm³/mol. The third-order valence-electron chi connectivity index (χ3n) is 2.52. The van der Waals surface area contributed by atoms with Crippen LogP contribution in [0.4, 0.5) is 0 Å². The van der Waals surface area contributed by atoms with Crippen molar-refractivity contribution in [1.29, 1.82) is 5.26 Å².